The van der Waals surface area contributed by atoms with Crippen LogP contribution in [0.25, 0.3) is 0 Å². The van der Waals surface area contributed by atoms with Crippen molar-refractivity contribution in [2.24, 2.45) is 0 Å². The molecule has 0 spiro atoms. The van der Waals surface area contributed by atoms with Crippen molar-refractivity contribution in [2.75, 3.05) is 25.1 Å². The number of carboxylic acids is 1. The Morgan fingerprint density at radius 2 is 2.23 bits per heavy atom. The lowest BCUT2D eigenvalue weighted by atomic mass is 10.2. The van der Waals surface area contributed by atoms with Crippen LogP contribution in [0.2, 0.25) is 0 Å². The summed E-state index contributed by atoms with van der Waals surface area (Å²) in [6.45, 7) is -0.0137. The van der Waals surface area contributed by atoms with E-state index in [4.69, 9.17) is 5.11 Å². The maximum absolute atomic E-state index is 11.1. The number of nitrogens with one attached hydrogen (secondary N) is 1. The molecular weight excluding hydrogens is 194 g/mol. The first-order chi connectivity index (χ1) is 5.91. The van der Waals surface area contributed by atoms with E-state index in [2.05, 4.69) is 0 Å². The van der Waals surface area contributed by atoms with E-state index < -0.39 is 15.8 Å². The molecule has 1 fully saturated rings. The second-order valence-corrected chi connectivity index (χ2v) is 5.75. The van der Waals surface area contributed by atoms with Gasteiger partial charge in [-0.3, -0.25) is 0 Å². The average molecular weight is 208 g/mol. The van der Waals surface area contributed by atoms with Gasteiger partial charge in [-0.1, -0.05) is 0 Å². The molecule has 0 aromatic heterocycles. The summed E-state index contributed by atoms with van der Waals surface area (Å²) in [7, 11) is -1.17. The molecule has 0 saturated carbocycles. The summed E-state index contributed by atoms with van der Waals surface area (Å²) in [6.07, 6.45) is 0.585. The molecule has 2 N–H and O–H groups in total. The van der Waals surface area contributed by atoms with Crippen LogP contribution >= 0.6 is 0 Å². The Labute approximate surface area is 77.3 Å². The molecule has 1 heterocycles. The third kappa shape index (κ3) is 2.96. The van der Waals surface area contributed by atoms with Crippen LogP contribution in [0.4, 0.5) is 0 Å². The predicted molar refractivity (Wildman–Crippen MR) is 46.4 cm³/mol. The number of aliphatic carboxylic acids is 1. The number of sulfone groups is 1. The van der Waals surface area contributed by atoms with Crippen LogP contribution in [-0.4, -0.2) is 50.6 Å². The summed E-state index contributed by atoms with van der Waals surface area (Å²) in [6, 6.07) is -0.0406. The summed E-state index contributed by atoms with van der Waals surface area (Å²) >= 11 is 0. The van der Waals surface area contributed by atoms with Gasteiger partial charge in [0.2, 0.25) is 0 Å². The van der Waals surface area contributed by atoms with E-state index >= 15 is 0 Å². The molecule has 1 rings (SSSR count). The molecule has 5 nitrogen and oxygen atoms in total. The minimum Gasteiger partial charge on any atom is -0.477 e. The van der Waals surface area contributed by atoms with E-state index in [1.807, 2.05) is 0 Å². The van der Waals surface area contributed by atoms with Crippen molar-refractivity contribution in [1.29, 1.82) is 0 Å². The van der Waals surface area contributed by atoms with Crippen molar-refractivity contribution >= 4 is 15.8 Å². The third-order valence-electron chi connectivity index (χ3n) is 2.36. The molecule has 13 heavy (non-hydrogen) atoms. The first-order valence-corrected chi connectivity index (χ1v) is 5.97. The van der Waals surface area contributed by atoms with E-state index in [9.17, 15) is 13.2 Å². The minimum atomic E-state index is -2.89. The van der Waals surface area contributed by atoms with Crippen molar-refractivity contribution in [1.82, 2.24) is 0 Å². The second-order valence-electron chi connectivity index (χ2n) is 3.52. The monoisotopic (exact) mass is 208 g/mol. The topological polar surface area (TPSA) is 75.9 Å². The molecule has 2 unspecified atom stereocenters. The van der Waals surface area contributed by atoms with Crippen LogP contribution in [0.5, 0.6) is 0 Å². The molecule has 1 aliphatic heterocycles. The highest BCUT2D eigenvalue weighted by atomic mass is 32.2. The van der Waals surface area contributed by atoms with Crippen LogP contribution in [0.1, 0.15) is 6.42 Å². The SMILES string of the molecule is C[NH+](CC(=O)O)C1CCS(=O)(=O)C1. The number of likely N-dealkylation sites (N-methyl/N-ethyl adjacent to an activating group) is 1. The van der Waals surface area contributed by atoms with Gasteiger partial charge in [0, 0.05) is 6.42 Å². The zero-order valence-electron chi connectivity index (χ0n) is 7.49. The lowest BCUT2D eigenvalue weighted by Gasteiger charge is -2.17. The molecule has 2 atom stereocenters. The highest BCUT2D eigenvalue weighted by Crippen LogP contribution is 2.08. The van der Waals surface area contributed by atoms with Gasteiger partial charge in [0.15, 0.2) is 16.4 Å². The van der Waals surface area contributed by atoms with Crippen molar-refractivity contribution in [2.45, 2.75) is 12.5 Å². The fourth-order valence-corrected chi connectivity index (χ4v) is 3.44. The number of hydrogen-bond acceptors (Lipinski definition) is 3. The Hall–Kier alpha value is -0.620. The number of quaternary nitrogens is 1. The largest absolute Gasteiger partial charge is 0.477 e. The van der Waals surface area contributed by atoms with Crippen molar-refractivity contribution in [3.63, 3.8) is 0 Å². The average Bonchev–Trinajstić information content (AvgIpc) is 2.28. The fourth-order valence-electron chi connectivity index (χ4n) is 1.57. The molecule has 76 valence electrons. The fraction of sp³-hybridized carbons (Fsp3) is 0.857. The Bertz CT molecular complexity index is 298. The first-order valence-electron chi connectivity index (χ1n) is 4.15. The normalized spacial score (nSPS) is 28.5. The Balaban J connectivity index is 2.51. The molecule has 0 aliphatic carbocycles. The maximum atomic E-state index is 11.1. The number of hydrogen-bond donors (Lipinski definition) is 2. The Kier molecular flexibility index (Phi) is 2.92. The highest BCUT2D eigenvalue weighted by Gasteiger charge is 2.34. The van der Waals surface area contributed by atoms with Crippen molar-refractivity contribution in [3.05, 3.63) is 0 Å². The van der Waals surface area contributed by atoms with Crippen LogP contribution in [0, 0.1) is 0 Å². The van der Waals surface area contributed by atoms with E-state index in [0.29, 0.717) is 6.42 Å². The predicted octanol–water partition coefficient (Wildman–Crippen LogP) is -2.23. The van der Waals surface area contributed by atoms with Gasteiger partial charge < -0.3 is 10.0 Å². The first kappa shape index (κ1) is 10.5. The van der Waals surface area contributed by atoms with Crippen LogP contribution < -0.4 is 4.90 Å². The van der Waals surface area contributed by atoms with Gasteiger partial charge >= 0.3 is 5.97 Å². The second kappa shape index (κ2) is 3.63. The lowest BCUT2D eigenvalue weighted by Crippen LogP contribution is -3.14. The standard InChI is InChI=1S/C7H13NO4S/c1-8(4-7(9)10)6-2-3-13(11,12)5-6/h6H,2-5H2,1H3,(H,9,10)/p+1. The van der Waals surface area contributed by atoms with E-state index in [1.54, 1.807) is 7.05 Å². The Morgan fingerprint density at radius 1 is 1.62 bits per heavy atom. The molecule has 0 aromatic carbocycles. The third-order valence-corrected chi connectivity index (χ3v) is 4.13. The summed E-state index contributed by atoms with van der Waals surface area (Å²) in [4.78, 5) is 11.1. The number of carboxylic acid groups (broad SMARTS) is 1. The molecule has 1 saturated heterocycles. The summed E-state index contributed by atoms with van der Waals surface area (Å²) < 4.78 is 22.1. The van der Waals surface area contributed by atoms with E-state index in [-0.39, 0.29) is 24.1 Å². The summed E-state index contributed by atoms with van der Waals surface area (Å²) in [5.41, 5.74) is 0. The van der Waals surface area contributed by atoms with E-state index in [0.717, 1.165) is 4.90 Å². The number of rotatable bonds is 3. The summed E-state index contributed by atoms with van der Waals surface area (Å²) in [5, 5.41) is 8.50. The van der Waals surface area contributed by atoms with Gasteiger partial charge in [0.1, 0.15) is 11.8 Å². The van der Waals surface area contributed by atoms with E-state index in [1.165, 1.54) is 0 Å². The van der Waals surface area contributed by atoms with Gasteiger partial charge in [-0.25, -0.2) is 13.2 Å². The molecule has 0 aromatic rings. The molecule has 6 heteroatoms. The number of carbonyl (C=O) groups is 1. The molecule has 1 aliphatic rings. The molecule has 0 amide bonds. The zero-order chi connectivity index (χ0) is 10.1. The van der Waals surface area contributed by atoms with Crippen LogP contribution in [-0.2, 0) is 14.6 Å². The van der Waals surface area contributed by atoms with Gasteiger partial charge in [-0.05, 0) is 0 Å². The quantitative estimate of drug-likeness (QED) is 0.550. The van der Waals surface area contributed by atoms with Gasteiger partial charge in [-0.2, -0.15) is 0 Å². The van der Waals surface area contributed by atoms with Gasteiger partial charge in [-0.15, -0.1) is 0 Å². The Morgan fingerprint density at radius 3 is 2.62 bits per heavy atom. The smallest absolute Gasteiger partial charge is 0.359 e. The molecule has 0 bridgehead atoms. The lowest BCUT2D eigenvalue weighted by molar-refractivity contribution is -0.895. The molecular formula is C7H14NO4S+. The maximum Gasteiger partial charge on any atom is 0.359 e. The zero-order valence-corrected chi connectivity index (χ0v) is 8.30. The van der Waals surface area contributed by atoms with Crippen molar-refractivity contribution < 1.29 is 23.2 Å². The van der Waals surface area contributed by atoms with Gasteiger partial charge in [0.25, 0.3) is 0 Å². The van der Waals surface area contributed by atoms with Crippen molar-refractivity contribution in [3.8, 4) is 0 Å². The van der Waals surface area contributed by atoms with Gasteiger partial charge in [0.05, 0.1) is 12.8 Å². The summed E-state index contributed by atoms with van der Waals surface area (Å²) in [5.74, 6) is -0.553. The molecule has 0 radical (unpaired) electrons. The van der Waals surface area contributed by atoms with Crippen LogP contribution in [0.3, 0.4) is 0 Å². The van der Waals surface area contributed by atoms with Crippen LogP contribution in [0.15, 0.2) is 0 Å². The highest BCUT2D eigenvalue weighted by molar-refractivity contribution is 7.91. The minimum absolute atomic E-state index is 0.0137.